The van der Waals surface area contributed by atoms with E-state index in [0.29, 0.717) is 0 Å². The molecule has 0 fully saturated rings. The first-order valence-electron chi connectivity index (χ1n) is 8.49. The van der Waals surface area contributed by atoms with Crippen LogP contribution in [0.15, 0.2) is 48.5 Å². The standard InChI is InChI=1S/C21H24N4/c1-14-7-5-9-18(11-14)13-22-20-12-21(24-17(4)23-20)25-19-10-6-8-15(2)16(19)3/h5-12H,13H2,1-4H3,(H2,22,23,24,25). The van der Waals surface area contributed by atoms with E-state index >= 15 is 0 Å². The van der Waals surface area contributed by atoms with Crippen LogP contribution in [0.2, 0.25) is 0 Å². The Bertz CT molecular complexity index is 887. The predicted octanol–water partition coefficient (Wildman–Crippen LogP) is 5.07. The van der Waals surface area contributed by atoms with Crippen LogP contribution in [-0.4, -0.2) is 9.97 Å². The fraction of sp³-hybridized carbons (Fsp3) is 0.238. The molecule has 25 heavy (non-hydrogen) atoms. The van der Waals surface area contributed by atoms with Gasteiger partial charge < -0.3 is 10.6 Å². The summed E-state index contributed by atoms with van der Waals surface area (Å²) in [7, 11) is 0. The molecule has 0 aliphatic rings. The summed E-state index contributed by atoms with van der Waals surface area (Å²) >= 11 is 0. The molecule has 0 bridgehead atoms. The second-order valence-electron chi connectivity index (χ2n) is 6.40. The normalized spacial score (nSPS) is 10.6. The van der Waals surface area contributed by atoms with Crippen LogP contribution >= 0.6 is 0 Å². The summed E-state index contributed by atoms with van der Waals surface area (Å²) in [5, 5.41) is 6.80. The SMILES string of the molecule is Cc1cccc(CNc2cc(Nc3cccc(C)c3C)nc(C)n2)c1. The molecule has 2 N–H and O–H groups in total. The van der Waals surface area contributed by atoms with E-state index in [9.17, 15) is 0 Å². The summed E-state index contributed by atoms with van der Waals surface area (Å²) in [4.78, 5) is 9.00. The molecule has 4 nitrogen and oxygen atoms in total. The maximum Gasteiger partial charge on any atom is 0.136 e. The molecule has 0 aliphatic heterocycles. The molecule has 0 amide bonds. The smallest absolute Gasteiger partial charge is 0.136 e. The van der Waals surface area contributed by atoms with Crippen molar-refractivity contribution < 1.29 is 0 Å². The Morgan fingerprint density at radius 3 is 2.40 bits per heavy atom. The maximum absolute atomic E-state index is 4.51. The summed E-state index contributed by atoms with van der Waals surface area (Å²) in [6.07, 6.45) is 0. The molecule has 0 radical (unpaired) electrons. The Labute approximate surface area is 149 Å². The van der Waals surface area contributed by atoms with Crippen LogP contribution in [-0.2, 0) is 6.54 Å². The van der Waals surface area contributed by atoms with Crippen LogP contribution in [0, 0.1) is 27.7 Å². The van der Waals surface area contributed by atoms with Gasteiger partial charge in [-0.1, -0.05) is 42.0 Å². The van der Waals surface area contributed by atoms with Gasteiger partial charge in [0.25, 0.3) is 0 Å². The molecule has 0 saturated heterocycles. The summed E-state index contributed by atoms with van der Waals surface area (Å²) in [5.74, 6) is 2.36. The maximum atomic E-state index is 4.51. The molecule has 3 rings (SSSR count). The van der Waals surface area contributed by atoms with E-state index in [1.807, 2.05) is 13.0 Å². The number of anilines is 3. The second-order valence-corrected chi connectivity index (χ2v) is 6.40. The van der Waals surface area contributed by atoms with Crippen LogP contribution in [0.4, 0.5) is 17.3 Å². The third-order valence-electron chi connectivity index (χ3n) is 4.26. The number of nitrogens with zero attached hydrogens (tertiary/aromatic N) is 2. The molecule has 0 spiro atoms. The molecular weight excluding hydrogens is 308 g/mol. The Kier molecular flexibility index (Phi) is 4.98. The monoisotopic (exact) mass is 332 g/mol. The second kappa shape index (κ2) is 7.34. The highest BCUT2D eigenvalue weighted by molar-refractivity contribution is 5.63. The minimum Gasteiger partial charge on any atom is -0.366 e. The molecule has 0 atom stereocenters. The van der Waals surface area contributed by atoms with Gasteiger partial charge in [-0.3, -0.25) is 0 Å². The van der Waals surface area contributed by atoms with Crippen molar-refractivity contribution in [3.63, 3.8) is 0 Å². The number of aryl methyl sites for hydroxylation is 3. The number of rotatable bonds is 5. The lowest BCUT2D eigenvalue weighted by Gasteiger charge is -2.13. The van der Waals surface area contributed by atoms with Gasteiger partial charge in [-0.05, 0) is 50.5 Å². The summed E-state index contributed by atoms with van der Waals surface area (Å²) in [6, 6.07) is 16.6. The Hall–Kier alpha value is -2.88. The fourth-order valence-electron chi connectivity index (χ4n) is 2.76. The van der Waals surface area contributed by atoms with E-state index in [1.165, 1.54) is 22.3 Å². The molecule has 0 unspecified atom stereocenters. The molecule has 2 aromatic carbocycles. The first kappa shape index (κ1) is 17.0. The van der Waals surface area contributed by atoms with Gasteiger partial charge in [-0.25, -0.2) is 9.97 Å². The van der Waals surface area contributed by atoms with Crippen molar-refractivity contribution in [3.05, 3.63) is 76.6 Å². The molecule has 0 saturated carbocycles. The molecule has 1 heterocycles. The summed E-state index contributed by atoms with van der Waals surface area (Å²) < 4.78 is 0. The molecule has 4 heteroatoms. The van der Waals surface area contributed by atoms with Gasteiger partial charge in [0, 0.05) is 18.3 Å². The number of hydrogen-bond donors (Lipinski definition) is 2. The van der Waals surface area contributed by atoms with Crippen molar-refractivity contribution in [2.24, 2.45) is 0 Å². The van der Waals surface area contributed by atoms with Crippen molar-refractivity contribution in [3.8, 4) is 0 Å². The first-order chi connectivity index (χ1) is 12.0. The Morgan fingerprint density at radius 2 is 1.60 bits per heavy atom. The molecular formula is C21H24N4. The zero-order chi connectivity index (χ0) is 17.8. The summed E-state index contributed by atoms with van der Waals surface area (Å²) in [6.45, 7) is 8.97. The highest BCUT2D eigenvalue weighted by Gasteiger charge is 2.05. The highest BCUT2D eigenvalue weighted by atomic mass is 15.1. The average Bonchev–Trinajstić information content (AvgIpc) is 2.57. The van der Waals surface area contributed by atoms with E-state index < -0.39 is 0 Å². The average molecular weight is 332 g/mol. The number of aromatic nitrogens is 2. The number of benzene rings is 2. The molecule has 1 aromatic heterocycles. The van der Waals surface area contributed by atoms with Gasteiger partial charge in [-0.2, -0.15) is 0 Å². The van der Waals surface area contributed by atoms with Gasteiger partial charge >= 0.3 is 0 Å². The van der Waals surface area contributed by atoms with Crippen molar-refractivity contribution in [1.82, 2.24) is 9.97 Å². The van der Waals surface area contributed by atoms with Crippen molar-refractivity contribution in [2.75, 3.05) is 10.6 Å². The third-order valence-corrected chi connectivity index (χ3v) is 4.26. The number of nitrogens with one attached hydrogen (secondary N) is 2. The van der Waals surface area contributed by atoms with Gasteiger partial charge in [-0.15, -0.1) is 0 Å². The van der Waals surface area contributed by atoms with Gasteiger partial charge in [0.1, 0.15) is 17.5 Å². The van der Waals surface area contributed by atoms with E-state index in [4.69, 9.17) is 0 Å². The molecule has 128 valence electrons. The zero-order valence-electron chi connectivity index (χ0n) is 15.2. The quantitative estimate of drug-likeness (QED) is 0.685. The van der Waals surface area contributed by atoms with Gasteiger partial charge in [0.2, 0.25) is 0 Å². The van der Waals surface area contributed by atoms with E-state index in [0.717, 1.165) is 29.7 Å². The highest BCUT2D eigenvalue weighted by Crippen LogP contribution is 2.23. The van der Waals surface area contributed by atoms with E-state index in [1.54, 1.807) is 0 Å². The van der Waals surface area contributed by atoms with Crippen LogP contribution in [0.1, 0.15) is 28.1 Å². The molecule has 3 aromatic rings. The van der Waals surface area contributed by atoms with Crippen LogP contribution < -0.4 is 10.6 Å². The van der Waals surface area contributed by atoms with Crippen LogP contribution in [0.3, 0.4) is 0 Å². The van der Waals surface area contributed by atoms with Crippen molar-refractivity contribution in [1.29, 1.82) is 0 Å². The third kappa shape index (κ3) is 4.35. The van der Waals surface area contributed by atoms with Gasteiger partial charge in [0.05, 0.1) is 0 Å². The topological polar surface area (TPSA) is 49.8 Å². The van der Waals surface area contributed by atoms with Crippen LogP contribution in [0.5, 0.6) is 0 Å². The van der Waals surface area contributed by atoms with E-state index in [2.05, 4.69) is 83.8 Å². The lowest BCUT2D eigenvalue weighted by atomic mass is 10.1. The minimum atomic E-state index is 0.737. The van der Waals surface area contributed by atoms with E-state index in [-0.39, 0.29) is 0 Å². The lowest BCUT2D eigenvalue weighted by Crippen LogP contribution is -2.05. The van der Waals surface area contributed by atoms with Gasteiger partial charge in [0.15, 0.2) is 0 Å². The van der Waals surface area contributed by atoms with Crippen LogP contribution in [0.25, 0.3) is 0 Å². The lowest BCUT2D eigenvalue weighted by molar-refractivity contribution is 1.02. The minimum absolute atomic E-state index is 0.737. The Morgan fingerprint density at radius 1 is 0.840 bits per heavy atom. The largest absolute Gasteiger partial charge is 0.366 e. The van der Waals surface area contributed by atoms with Crippen molar-refractivity contribution >= 4 is 17.3 Å². The molecule has 0 aliphatic carbocycles. The van der Waals surface area contributed by atoms with Crippen molar-refractivity contribution in [2.45, 2.75) is 34.2 Å². The predicted molar refractivity (Wildman–Crippen MR) is 104 cm³/mol. The zero-order valence-corrected chi connectivity index (χ0v) is 15.2. The Balaban J connectivity index is 1.77. The fourth-order valence-corrected chi connectivity index (χ4v) is 2.76. The number of hydrogen-bond acceptors (Lipinski definition) is 4. The first-order valence-corrected chi connectivity index (χ1v) is 8.49. The summed E-state index contributed by atoms with van der Waals surface area (Å²) in [5.41, 5.74) is 6.06.